The van der Waals surface area contributed by atoms with Gasteiger partial charge in [0.2, 0.25) is 0 Å². The normalized spacial score (nSPS) is 8.88. The number of hydrogen-bond acceptors (Lipinski definition) is 3. The molecular formula is C10H7BNa2O3. The number of rotatable bonds is 2. The molecule has 6 heteroatoms. The molecule has 0 saturated heterocycles. The topological polar surface area (TPSA) is 55.3 Å². The first-order valence-corrected chi connectivity index (χ1v) is 4.23. The van der Waals surface area contributed by atoms with Crippen molar-refractivity contribution in [1.29, 1.82) is 0 Å². The first-order chi connectivity index (χ1) is 6.75. The molecule has 0 unspecified atom stereocenters. The largest absolute Gasteiger partial charge is 1.00 e. The predicted octanol–water partition coefficient (Wildman–Crippen LogP) is -6.07. The van der Waals surface area contributed by atoms with Crippen molar-refractivity contribution >= 4 is 18.1 Å². The number of hydrogen-bond donors (Lipinski definition) is 0. The monoisotopic (exact) mass is 232 g/mol. The van der Waals surface area contributed by atoms with E-state index in [4.69, 9.17) is 0 Å². The molecule has 3 nitrogen and oxygen atoms in total. The maximum absolute atomic E-state index is 10.3. The van der Waals surface area contributed by atoms with Gasteiger partial charge in [-0.25, -0.2) is 0 Å². The van der Waals surface area contributed by atoms with Gasteiger partial charge < -0.3 is 14.7 Å². The van der Waals surface area contributed by atoms with Crippen molar-refractivity contribution in [2.45, 2.75) is 0 Å². The van der Waals surface area contributed by atoms with Gasteiger partial charge in [0.05, 0.1) is 5.75 Å². The summed E-state index contributed by atoms with van der Waals surface area (Å²) in [6.45, 7) is 0. The van der Waals surface area contributed by atoms with Crippen LogP contribution in [0.25, 0.3) is 10.8 Å². The first kappa shape index (κ1) is 16.5. The van der Waals surface area contributed by atoms with Crippen molar-refractivity contribution in [1.82, 2.24) is 0 Å². The zero-order valence-electron chi connectivity index (χ0n) is 9.34. The minimum absolute atomic E-state index is 0. The summed E-state index contributed by atoms with van der Waals surface area (Å²) in [4.78, 5) is 0. The van der Waals surface area contributed by atoms with E-state index in [1.54, 1.807) is 12.1 Å². The Kier molecular flexibility index (Phi) is 7.98. The predicted molar refractivity (Wildman–Crippen MR) is 50.3 cm³/mol. The second kappa shape index (κ2) is 7.74. The van der Waals surface area contributed by atoms with E-state index in [9.17, 15) is 10.0 Å². The van der Waals surface area contributed by atoms with Gasteiger partial charge in [-0.05, 0) is 22.9 Å². The Morgan fingerprint density at radius 2 is 1.50 bits per heavy atom. The molecule has 0 atom stereocenters. The molecule has 70 valence electrons. The van der Waals surface area contributed by atoms with E-state index < -0.39 is 7.32 Å². The third-order valence-electron chi connectivity index (χ3n) is 1.95. The van der Waals surface area contributed by atoms with Crippen LogP contribution in [0, 0.1) is 0 Å². The van der Waals surface area contributed by atoms with Gasteiger partial charge in [-0.3, -0.25) is 0 Å². The summed E-state index contributed by atoms with van der Waals surface area (Å²) in [5.74, 6) is 0.318. The van der Waals surface area contributed by atoms with Crippen LogP contribution in [-0.4, -0.2) is 7.32 Å². The summed E-state index contributed by atoms with van der Waals surface area (Å²) in [5.41, 5.74) is 0. The molecule has 2 aromatic carbocycles. The van der Waals surface area contributed by atoms with Gasteiger partial charge in [-0.1, -0.05) is 30.3 Å². The molecule has 0 amide bonds. The van der Waals surface area contributed by atoms with Gasteiger partial charge in [0.1, 0.15) is 7.32 Å². The van der Waals surface area contributed by atoms with Crippen LogP contribution in [0.3, 0.4) is 0 Å². The zero-order valence-corrected chi connectivity index (χ0v) is 13.3. The minimum atomic E-state index is -2.27. The fourth-order valence-electron chi connectivity index (χ4n) is 1.35. The van der Waals surface area contributed by atoms with Crippen molar-refractivity contribution in [2.24, 2.45) is 0 Å². The van der Waals surface area contributed by atoms with E-state index in [0.29, 0.717) is 5.75 Å². The maximum Gasteiger partial charge on any atom is 1.00 e. The molecule has 0 radical (unpaired) electrons. The van der Waals surface area contributed by atoms with E-state index in [0.717, 1.165) is 10.8 Å². The Morgan fingerprint density at radius 3 is 2.12 bits per heavy atom. The summed E-state index contributed by atoms with van der Waals surface area (Å²) in [6.07, 6.45) is 0. The van der Waals surface area contributed by atoms with Gasteiger partial charge in [0.15, 0.2) is 0 Å². The van der Waals surface area contributed by atoms with E-state index in [2.05, 4.69) is 4.65 Å². The molecule has 0 fully saturated rings. The van der Waals surface area contributed by atoms with Gasteiger partial charge in [-0.2, -0.15) is 0 Å². The van der Waals surface area contributed by atoms with Crippen LogP contribution in [0.2, 0.25) is 0 Å². The Bertz CT molecular complexity index is 451. The quantitative estimate of drug-likeness (QED) is 0.484. The second-order valence-electron chi connectivity index (χ2n) is 2.92. The van der Waals surface area contributed by atoms with Crippen LogP contribution in [0.1, 0.15) is 0 Å². The molecule has 0 aliphatic heterocycles. The van der Waals surface area contributed by atoms with E-state index >= 15 is 0 Å². The molecule has 0 aliphatic carbocycles. The molecule has 0 spiro atoms. The maximum atomic E-state index is 10.3. The van der Waals surface area contributed by atoms with Crippen LogP contribution in [-0.2, 0) is 0 Å². The molecule has 0 N–H and O–H groups in total. The summed E-state index contributed by atoms with van der Waals surface area (Å²) >= 11 is 0. The van der Waals surface area contributed by atoms with Crippen LogP contribution in [0.15, 0.2) is 42.5 Å². The van der Waals surface area contributed by atoms with Crippen molar-refractivity contribution in [3.05, 3.63) is 42.5 Å². The molecule has 2 aromatic rings. The number of benzene rings is 2. The molecule has 0 saturated carbocycles. The van der Waals surface area contributed by atoms with Gasteiger partial charge >= 0.3 is 59.1 Å². The SMILES string of the molecule is [Na+].[Na+].[O-]B([O-])Oc1ccc2ccccc2c1. The summed E-state index contributed by atoms with van der Waals surface area (Å²) in [5, 5.41) is 22.5. The van der Waals surface area contributed by atoms with Gasteiger partial charge in [0, 0.05) is 0 Å². The molecular weight excluding hydrogens is 225 g/mol. The second-order valence-corrected chi connectivity index (χ2v) is 2.92. The molecule has 0 aromatic heterocycles. The van der Waals surface area contributed by atoms with Crippen LogP contribution >= 0.6 is 0 Å². The molecule has 0 heterocycles. The van der Waals surface area contributed by atoms with Crippen LogP contribution in [0.4, 0.5) is 0 Å². The average molecular weight is 232 g/mol. The summed E-state index contributed by atoms with van der Waals surface area (Å²) < 4.78 is 4.51. The van der Waals surface area contributed by atoms with E-state index in [1.807, 2.05) is 30.3 Å². The van der Waals surface area contributed by atoms with E-state index in [-0.39, 0.29) is 59.1 Å². The third kappa shape index (κ3) is 4.39. The molecule has 2 rings (SSSR count). The van der Waals surface area contributed by atoms with Gasteiger partial charge in [0.25, 0.3) is 0 Å². The fraction of sp³-hybridized carbons (Fsp3) is 0. The zero-order chi connectivity index (χ0) is 9.97. The van der Waals surface area contributed by atoms with E-state index in [1.165, 1.54) is 0 Å². The Morgan fingerprint density at radius 1 is 0.875 bits per heavy atom. The number of fused-ring (bicyclic) bond motifs is 1. The Labute approximate surface area is 139 Å². The Balaban J connectivity index is 0.00000112. The van der Waals surface area contributed by atoms with Crippen molar-refractivity contribution in [2.75, 3.05) is 0 Å². The smallest absolute Gasteiger partial charge is 0.860 e. The fourth-order valence-corrected chi connectivity index (χ4v) is 1.35. The Hall–Kier alpha value is 0.485. The summed E-state index contributed by atoms with van der Waals surface area (Å²) in [6, 6.07) is 12.8. The van der Waals surface area contributed by atoms with Crippen molar-refractivity contribution < 1.29 is 73.8 Å². The molecule has 0 bridgehead atoms. The molecule has 16 heavy (non-hydrogen) atoms. The van der Waals surface area contributed by atoms with Gasteiger partial charge in [-0.15, -0.1) is 0 Å². The average Bonchev–Trinajstić information content (AvgIpc) is 2.17. The minimum Gasteiger partial charge on any atom is -0.860 e. The third-order valence-corrected chi connectivity index (χ3v) is 1.95. The first-order valence-electron chi connectivity index (χ1n) is 4.23. The summed E-state index contributed by atoms with van der Waals surface area (Å²) in [7, 11) is -2.27. The van der Waals surface area contributed by atoms with Crippen molar-refractivity contribution in [3.63, 3.8) is 0 Å². The molecule has 0 aliphatic rings. The van der Waals surface area contributed by atoms with Crippen molar-refractivity contribution in [3.8, 4) is 5.75 Å². The standard InChI is InChI=1S/C10H7BO3.2Na/c12-11(13)14-10-6-5-8-3-1-2-4-9(8)7-10;;/h1-7H;;/q-2;2*+1. The van der Waals surface area contributed by atoms with Crippen LogP contribution < -0.4 is 73.8 Å². The van der Waals surface area contributed by atoms with Crippen LogP contribution in [0.5, 0.6) is 5.75 Å².